The zero-order valence-electron chi connectivity index (χ0n) is 16.3. The van der Waals surface area contributed by atoms with Crippen LogP contribution in [0.25, 0.3) is 0 Å². The molecule has 0 radical (unpaired) electrons. The van der Waals surface area contributed by atoms with E-state index in [0.717, 1.165) is 44.3 Å². The van der Waals surface area contributed by atoms with Gasteiger partial charge in [-0.2, -0.15) is 0 Å². The van der Waals surface area contributed by atoms with E-state index in [1.165, 1.54) is 5.56 Å². The van der Waals surface area contributed by atoms with Gasteiger partial charge in [-0.3, -0.25) is 9.59 Å². The van der Waals surface area contributed by atoms with E-state index < -0.39 is 0 Å². The van der Waals surface area contributed by atoms with E-state index in [1.54, 1.807) is 0 Å². The fourth-order valence-corrected chi connectivity index (χ4v) is 4.46. The zero-order valence-corrected chi connectivity index (χ0v) is 16.3. The third-order valence-electron chi connectivity index (χ3n) is 6.33. The van der Waals surface area contributed by atoms with Crippen molar-refractivity contribution in [1.82, 2.24) is 10.2 Å². The highest BCUT2D eigenvalue weighted by Gasteiger charge is 2.45. The normalized spacial score (nSPS) is 20.6. The first-order valence-electron chi connectivity index (χ1n) is 10.3. The quantitative estimate of drug-likeness (QED) is 0.806. The van der Waals surface area contributed by atoms with Crippen LogP contribution in [-0.2, 0) is 21.4 Å². The third-order valence-corrected chi connectivity index (χ3v) is 6.33. The highest BCUT2D eigenvalue weighted by molar-refractivity contribution is 5.89. The lowest BCUT2D eigenvalue weighted by Gasteiger charge is -2.41. The first kappa shape index (κ1) is 18.7. The SMILES string of the molecule is O=C1CC(CNC(=O)C2(c3ccccc3)CCC2)CN1CCc1ccccc1. The molecule has 0 spiro atoms. The van der Waals surface area contributed by atoms with Crippen LogP contribution in [0.3, 0.4) is 0 Å². The van der Waals surface area contributed by atoms with E-state index in [-0.39, 0.29) is 23.1 Å². The van der Waals surface area contributed by atoms with Crippen LogP contribution in [0.5, 0.6) is 0 Å². The lowest BCUT2D eigenvalue weighted by atomic mass is 9.64. The number of rotatable bonds is 7. The lowest BCUT2D eigenvalue weighted by molar-refractivity contribution is -0.130. The molecule has 4 rings (SSSR count). The molecule has 1 atom stereocenters. The standard InChI is InChI=1S/C24H28N2O2/c27-22-16-20(18-26(22)15-12-19-8-3-1-4-9-19)17-25-23(28)24(13-7-14-24)21-10-5-2-6-11-21/h1-6,8-11,20H,7,12-18H2,(H,25,28). The van der Waals surface area contributed by atoms with Gasteiger partial charge in [-0.15, -0.1) is 0 Å². The van der Waals surface area contributed by atoms with Crippen LogP contribution < -0.4 is 5.32 Å². The molecule has 2 amide bonds. The Morgan fingerprint density at radius 1 is 1.04 bits per heavy atom. The molecular weight excluding hydrogens is 348 g/mol. The maximum Gasteiger partial charge on any atom is 0.230 e. The number of nitrogens with one attached hydrogen (secondary N) is 1. The van der Waals surface area contributed by atoms with Gasteiger partial charge >= 0.3 is 0 Å². The maximum absolute atomic E-state index is 13.0. The van der Waals surface area contributed by atoms with Crippen LogP contribution in [0, 0.1) is 5.92 Å². The number of benzene rings is 2. The highest BCUT2D eigenvalue weighted by atomic mass is 16.2. The summed E-state index contributed by atoms with van der Waals surface area (Å²) in [6.07, 6.45) is 4.33. The lowest BCUT2D eigenvalue weighted by Crippen LogP contribution is -2.50. The Hall–Kier alpha value is -2.62. The summed E-state index contributed by atoms with van der Waals surface area (Å²) in [7, 11) is 0. The minimum absolute atomic E-state index is 0.125. The fourth-order valence-electron chi connectivity index (χ4n) is 4.46. The molecule has 1 saturated carbocycles. The average Bonchev–Trinajstić information content (AvgIpc) is 3.05. The van der Waals surface area contributed by atoms with E-state index in [0.29, 0.717) is 13.0 Å². The molecule has 1 unspecified atom stereocenters. The molecule has 4 nitrogen and oxygen atoms in total. The van der Waals surface area contributed by atoms with Crippen molar-refractivity contribution in [2.45, 2.75) is 37.5 Å². The molecule has 28 heavy (non-hydrogen) atoms. The molecule has 2 aromatic rings. The summed E-state index contributed by atoms with van der Waals surface area (Å²) in [5, 5.41) is 3.16. The molecule has 0 aromatic heterocycles. The van der Waals surface area contributed by atoms with Crippen LogP contribution >= 0.6 is 0 Å². The van der Waals surface area contributed by atoms with Gasteiger partial charge in [0.2, 0.25) is 11.8 Å². The van der Waals surface area contributed by atoms with Crippen LogP contribution in [0.15, 0.2) is 60.7 Å². The van der Waals surface area contributed by atoms with Gasteiger partial charge in [0.1, 0.15) is 0 Å². The van der Waals surface area contributed by atoms with Crippen molar-refractivity contribution in [3.63, 3.8) is 0 Å². The molecule has 1 heterocycles. The molecule has 2 aromatic carbocycles. The minimum atomic E-state index is -0.364. The van der Waals surface area contributed by atoms with Crippen molar-refractivity contribution in [2.24, 2.45) is 5.92 Å². The summed E-state index contributed by atoms with van der Waals surface area (Å²) < 4.78 is 0. The fraction of sp³-hybridized carbons (Fsp3) is 0.417. The van der Waals surface area contributed by atoms with Gasteiger partial charge in [0.15, 0.2) is 0 Å². The van der Waals surface area contributed by atoms with Gasteiger partial charge < -0.3 is 10.2 Å². The summed E-state index contributed by atoms with van der Waals surface area (Å²) in [5.41, 5.74) is 2.00. The van der Waals surface area contributed by atoms with Crippen molar-refractivity contribution >= 4 is 11.8 Å². The Labute approximate surface area is 166 Å². The van der Waals surface area contributed by atoms with Gasteiger partial charge in [-0.25, -0.2) is 0 Å². The molecule has 1 aliphatic heterocycles. The van der Waals surface area contributed by atoms with E-state index in [2.05, 4.69) is 29.6 Å². The highest BCUT2D eigenvalue weighted by Crippen LogP contribution is 2.43. The largest absolute Gasteiger partial charge is 0.355 e. The van der Waals surface area contributed by atoms with E-state index in [1.807, 2.05) is 41.3 Å². The van der Waals surface area contributed by atoms with Gasteiger partial charge in [-0.05, 0) is 30.4 Å². The zero-order chi connectivity index (χ0) is 19.4. The molecule has 0 bridgehead atoms. The van der Waals surface area contributed by atoms with Crippen molar-refractivity contribution in [3.05, 3.63) is 71.8 Å². The van der Waals surface area contributed by atoms with Gasteiger partial charge in [0, 0.05) is 32.0 Å². The second-order valence-corrected chi connectivity index (χ2v) is 8.16. The molecule has 1 N–H and O–H groups in total. The molecule has 4 heteroatoms. The number of nitrogens with zero attached hydrogens (tertiary/aromatic N) is 1. The number of hydrogen-bond acceptors (Lipinski definition) is 2. The van der Waals surface area contributed by atoms with Crippen molar-refractivity contribution < 1.29 is 9.59 Å². The first-order chi connectivity index (χ1) is 13.7. The molecular formula is C24H28N2O2. The van der Waals surface area contributed by atoms with Crippen LogP contribution in [0.2, 0.25) is 0 Å². The summed E-state index contributed by atoms with van der Waals surface area (Å²) in [4.78, 5) is 27.3. The molecule has 1 aliphatic carbocycles. The Morgan fingerprint density at radius 3 is 2.36 bits per heavy atom. The number of amides is 2. The molecule has 2 aliphatic rings. The second-order valence-electron chi connectivity index (χ2n) is 8.16. The predicted octanol–water partition coefficient (Wildman–Crippen LogP) is 3.32. The maximum atomic E-state index is 13.0. The average molecular weight is 377 g/mol. The predicted molar refractivity (Wildman–Crippen MR) is 110 cm³/mol. The molecule has 146 valence electrons. The molecule has 2 fully saturated rings. The Bertz CT molecular complexity index is 815. The van der Waals surface area contributed by atoms with Crippen LogP contribution in [0.1, 0.15) is 36.8 Å². The smallest absolute Gasteiger partial charge is 0.230 e. The van der Waals surface area contributed by atoms with Crippen LogP contribution in [-0.4, -0.2) is 36.3 Å². The summed E-state index contributed by atoms with van der Waals surface area (Å²) in [6, 6.07) is 20.4. The summed E-state index contributed by atoms with van der Waals surface area (Å²) in [6.45, 7) is 2.08. The Balaban J connectivity index is 1.29. The third kappa shape index (κ3) is 3.82. The Morgan fingerprint density at radius 2 is 1.71 bits per heavy atom. The monoisotopic (exact) mass is 376 g/mol. The number of likely N-dealkylation sites (tertiary alicyclic amines) is 1. The van der Waals surface area contributed by atoms with Gasteiger partial charge in [0.05, 0.1) is 5.41 Å². The van der Waals surface area contributed by atoms with Crippen molar-refractivity contribution in [3.8, 4) is 0 Å². The Kier molecular flexibility index (Phi) is 5.47. The molecule has 1 saturated heterocycles. The van der Waals surface area contributed by atoms with Crippen molar-refractivity contribution in [2.75, 3.05) is 19.6 Å². The topological polar surface area (TPSA) is 49.4 Å². The van der Waals surface area contributed by atoms with Gasteiger partial charge in [0.25, 0.3) is 0 Å². The van der Waals surface area contributed by atoms with Crippen LogP contribution in [0.4, 0.5) is 0 Å². The summed E-state index contributed by atoms with van der Waals surface area (Å²) >= 11 is 0. The minimum Gasteiger partial charge on any atom is -0.355 e. The van der Waals surface area contributed by atoms with Gasteiger partial charge in [-0.1, -0.05) is 67.1 Å². The van der Waals surface area contributed by atoms with E-state index in [4.69, 9.17) is 0 Å². The number of carbonyl (C=O) groups is 2. The van der Waals surface area contributed by atoms with E-state index >= 15 is 0 Å². The number of hydrogen-bond donors (Lipinski definition) is 1. The number of carbonyl (C=O) groups excluding carboxylic acids is 2. The summed E-state index contributed by atoms with van der Waals surface area (Å²) in [5.74, 6) is 0.539. The first-order valence-corrected chi connectivity index (χ1v) is 10.3. The van der Waals surface area contributed by atoms with Crippen molar-refractivity contribution in [1.29, 1.82) is 0 Å². The van der Waals surface area contributed by atoms with E-state index in [9.17, 15) is 9.59 Å². The second kappa shape index (κ2) is 8.17.